The zero-order valence-corrected chi connectivity index (χ0v) is 21.9. The molecule has 1 spiro atoms. The van der Waals surface area contributed by atoms with Gasteiger partial charge in [0.2, 0.25) is 0 Å². The Morgan fingerprint density at radius 1 is 1.24 bits per heavy atom. The lowest BCUT2D eigenvalue weighted by Gasteiger charge is -2.64. The number of methoxy groups -OCH3 is 1. The number of benzene rings is 2. The number of rotatable bonds is 4. The molecule has 5 atom stereocenters. The number of hydrogen-bond donors (Lipinski definition) is 2. The van der Waals surface area contributed by atoms with Gasteiger partial charge in [-0.1, -0.05) is 18.1 Å². The van der Waals surface area contributed by atoms with E-state index in [1.807, 2.05) is 24.3 Å². The van der Waals surface area contributed by atoms with Crippen LogP contribution in [0.15, 0.2) is 36.4 Å². The molecule has 1 saturated heterocycles. The first-order valence-electron chi connectivity index (χ1n) is 13.8. The average molecular weight is 515 g/mol. The second kappa shape index (κ2) is 8.39. The number of carbonyl (C=O) groups excluding carboxylic acids is 1. The molecule has 0 unspecified atom stereocenters. The van der Waals surface area contributed by atoms with Gasteiger partial charge in [0.05, 0.1) is 24.2 Å². The maximum absolute atomic E-state index is 13.3. The van der Waals surface area contributed by atoms with E-state index in [-0.39, 0.29) is 23.7 Å². The van der Waals surface area contributed by atoms with Gasteiger partial charge < -0.3 is 24.6 Å². The molecule has 0 aromatic heterocycles. The van der Waals surface area contributed by atoms with Crippen molar-refractivity contribution in [3.05, 3.63) is 53.1 Å². The zero-order chi connectivity index (χ0) is 26.2. The Bertz CT molecular complexity index is 1380. The molecule has 2 aliphatic heterocycles. The second-order valence-corrected chi connectivity index (χ2v) is 11.8. The van der Waals surface area contributed by atoms with E-state index in [2.05, 4.69) is 16.7 Å². The van der Waals surface area contributed by atoms with Gasteiger partial charge in [-0.3, -0.25) is 9.69 Å². The number of likely N-dealkylation sites (tertiary alicyclic amines) is 1. The molecule has 0 radical (unpaired) electrons. The fourth-order valence-corrected chi connectivity index (χ4v) is 7.92. The number of aliphatic hydroxyl groups is 1. The lowest BCUT2D eigenvalue weighted by molar-refractivity contribution is -0.199. The van der Waals surface area contributed by atoms with Crippen LogP contribution in [0.1, 0.15) is 48.8 Å². The van der Waals surface area contributed by atoms with E-state index in [0.29, 0.717) is 29.9 Å². The molecular formula is C31H34N2O5. The predicted molar refractivity (Wildman–Crippen MR) is 141 cm³/mol. The van der Waals surface area contributed by atoms with Crippen LogP contribution < -0.4 is 9.47 Å². The normalized spacial score (nSPS) is 32.4. The van der Waals surface area contributed by atoms with E-state index in [0.717, 1.165) is 43.0 Å². The van der Waals surface area contributed by atoms with Crippen molar-refractivity contribution in [2.24, 2.45) is 5.92 Å². The number of nitrogens with zero attached hydrogens (tertiary/aromatic N) is 2. The van der Waals surface area contributed by atoms with Gasteiger partial charge in [0.25, 0.3) is 5.91 Å². The molecule has 7 nitrogen and oxygen atoms in total. The van der Waals surface area contributed by atoms with Crippen LogP contribution in [0.4, 0.5) is 0 Å². The zero-order valence-electron chi connectivity index (χ0n) is 21.9. The molecule has 2 bridgehead atoms. The minimum atomic E-state index is -0.969. The molecule has 2 N–H and O–H groups in total. The summed E-state index contributed by atoms with van der Waals surface area (Å²) in [6.45, 7) is 1.93. The van der Waals surface area contributed by atoms with Gasteiger partial charge in [-0.2, -0.15) is 0 Å². The molecule has 2 saturated carbocycles. The quantitative estimate of drug-likeness (QED) is 0.611. The van der Waals surface area contributed by atoms with Gasteiger partial charge in [0.1, 0.15) is 11.9 Å². The van der Waals surface area contributed by atoms with Crippen molar-refractivity contribution in [1.82, 2.24) is 9.80 Å². The van der Waals surface area contributed by atoms with E-state index < -0.39 is 17.1 Å². The van der Waals surface area contributed by atoms with Crippen LogP contribution in [0.2, 0.25) is 0 Å². The Kier molecular flexibility index (Phi) is 5.27. The molecule has 7 heteroatoms. The topological polar surface area (TPSA) is 82.5 Å². The van der Waals surface area contributed by atoms with Crippen molar-refractivity contribution in [3.63, 3.8) is 0 Å². The average Bonchev–Trinajstić information content (AvgIpc) is 3.67. The van der Waals surface area contributed by atoms with Gasteiger partial charge in [0, 0.05) is 36.7 Å². The van der Waals surface area contributed by atoms with Gasteiger partial charge in [-0.05, 0) is 80.8 Å². The van der Waals surface area contributed by atoms with Gasteiger partial charge in [-0.15, -0.1) is 0 Å². The first-order valence-corrected chi connectivity index (χ1v) is 13.8. The first kappa shape index (κ1) is 23.9. The number of ether oxygens (including phenoxy) is 2. The van der Waals surface area contributed by atoms with Crippen LogP contribution in [0.3, 0.4) is 0 Å². The van der Waals surface area contributed by atoms with Crippen molar-refractivity contribution in [2.75, 3.05) is 27.2 Å². The Labute approximate surface area is 223 Å². The standard InChI is InChI=1S/C31H34N2O5/c1-32(26(35)11-8-19-4-3-5-22(16-19)37-2)23-12-13-31(36)25-17-21-9-10-24(34)28-27(21)30(31,29(23)38-28)14-15-33(25)18-20-6-7-20/h3-5,9-10,16,20,23,25,29,34,36H,6-7,12-15,17-18H2,1-2H3/t23-,25+,29-,30-,31+/m0/s1. The summed E-state index contributed by atoms with van der Waals surface area (Å²) >= 11 is 0. The van der Waals surface area contributed by atoms with Gasteiger partial charge in [-0.25, -0.2) is 0 Å². The smallest absolute Gasteiger partial charge is 0.298 e. The molecule has 38 heavy (non-hydrogen) atoms. The summed E-state index contributed by atoms with van der Waals surface area (Å²) < 4.78 is 11.9. The molecule has 2 heterocycles. The fourth-order valence-electron chi connectivity index (χ4n) is 7.92. The third kappa shape index (κ3) is 3.26. The van der Waals surface area contributed by atoms with E-state index in [4.69, 9.17) is 9.47 Å². The number of carbonyl (C=O) groups is 1. The SMILES string of the molecule is COc1cccc(C#CC(=O)N(C)[C@H]2CC[C@@]3(O)[C@H]4Cc5ccc(O)c6c5[C@@]3(CCN4CC3CC3)[C@H]2O6)c1. The molecule has 2 aromatic rings. The Morgan fingerprint density at radius 2 is 2.08 bits per heavy atom. The van der Waals surface area contributed by atoms with Crippen molar-refractivity contribution in [2.45, 2.75) is 67.7 Å². The number of phenolic OH excluding ortho intramolecular Hbond substituents is 1. The lowest BCUT2D eigenvalue weighted by Crippen LogP contribution is -2.78. The highest BCUT2D eigenvalue weighted by molar-refractivity contribution is 5.94. The highest BCUT2D eigenvalue weighted by Gasteiger charge is 2.73. The van der Waals surface area contributed by atoms with Crippen LogP contribution in [-0.4, -0.2) is 77.0 Å². The van der Waals surface area contributed by atoms with Crippen molar-refractivity contribution in [1.29, 1.82) is 0 Å². The maximum Gasteiger partial charge on any atom is 0.298 e. The highest BCUT2D eigenvalue weighted by Crippen LogP contribution is 2.66. The summed E-state index contributed by atoms with van der Waals surface area (Å²) in [7, 11) is 3.38. The summed E-state index contributed by atoms with van der Waals surface area (Å²) in [5.74, 6) is 7.52. The van der Waals surface area contributed by atoms with Crippen molar-refractivity contribution in [3.8, 4) is 29.1 Å². The minimum absolute atomic E-state index is 0.0146. The number of likely N-dealkylation sites (N-methyl/N-ethyl adjacent to an activating group) is 1. The number of piperidine rings is 1. The summed E-state index contributed by atoms with van der Waals surface area (Å²) in [5, 5.41) is 23.4. The van der Waals surface area contributed by atoms with E-state index in [1.54, 1.807) is 31.2 Å². The summed E-state index contributed by atoms with van der Waals surface area (Å²) in [6, 6.07) is 10.8. The van der Waals surface area contributed by atoms with E-state index >= 15 is 0 Å². The highest BCUT2D eigenvalue weighted by atomic mass is 16.5. The third-order valence-electron chi connectivity index (χ3n) is 9.93. The Balaban J connectivity index is 1.24. The maximum atomic E-state index is 13.3. The monoisotopic (exact) mass is 514 g/mol. The largest absolute Gasteiger partial charge is 0.504 e. The summed E-state index contributed by atoms with van der Waals surface area (Å²) in [6.07, 6.45) is 4.81. The molecule has 198 valence electrons. The first-order chi connectivity index (χ1) is 18.4. The molecule has 7 rings (SSSR count). The molecular weight excluding hydrogens is 480 g/mol. The fraction of sp³-hybridized carbons (Fsp3) is 0.516. The summed E-state index contributed by atoms with van der Waals surface area (Å²) in [5.41, 5.74) is 1.21. The lowest BCUT2D eigenvalue weighted by atomic mass is 9.48. The third-order valence-corrected chi connectivity index (χ3v) is 9.93. The second-order valence-electron chi connectivity index (χ2n) is 11.8. The number of phenols is 1. The van der Waals surface area contributed by atoms with Gasteiger partial charge in [0.15, 0.2) is 11.5 Å². The Morgan fingerprint density at radius 3 is 2.87 bits per heavy atom. The number of amides is 1. The van der Waals surface area contributed by atoms with Crippen LogP contribution in [0, 0.1) is 17.8 Å². The molecule has 2 aromatic carbocycles. The van der Waals surface area contributed by atoms with Crippen LogP contribution >= 0.6 is 0 Å². The van der Waals surface area contributed by atoms with Crippen LogP contribution in [-0.2, 0) is 16.6 Å². The minimum Gasteiger partial charge on any atom is -0.504 e. The number of hydrogen-bond acceptors (Lipinski definition) is 6. The summed E-state index contributed by atoms with van der Waals surface area (Å²) in [4.78, 5) is 17.5. The Hall–Kier alpha value is -3.21. The van der Waals surface area contributed by atoms with Gasteiger partial charge >= 0.3 is 0 Å². The molecule has 5 aliphatic rings. The molecule has 3 aliphatic carbocycles. The van der Waals surface area contributed by atoms with E-state index in [9.17, 15) is 15.0 Å². The van der Waals surface area contributed by atoms with Crippen molar-refractivity contribution >= 4 is 5.91 Å². The van der Waals surface area contributed by atoms with Crippen LogP contribution in [0.25, 0.3) is 0 Å². The molecule has 1 amide bonds. The number of aromatic hydroxyl groups is 1. The van der Waals surface area contributed by atoms with E-state index in [1.165, 1.54) is 12.8 Å². The van der Waals surface area contributed by atoms with Crippen LogP contribution in [0.5, 0.6) is 17.2 Å². The predicted octanol–water partition coefficient (Wildman–Crippen LogP) is 2.84. The molecule has 3 fully saturated rings. The van der Waals surface area contributed by atoms with Crippen molar-refractivity contribution < 1.29 is 24.5 Å².